The van der Waals surface area contributed by atoms with Crippen LogP contribution in [-0.4, -0.2) is 30.1 Å². The van der Waals surface area contributed by atoms with Crippen molar-refractivity contribution in [3.8, 4) is 5.75 Å². The van der Waals surface area contributed by atoms with Gasteiger partial charge in [-0.05, 0) is 43.3 Å². The van der Waals surface area contributed by atoms with Gasteiger partial charge in [0.05, 0.1) is 17.9 Å². The van der Waals surface area contributed by atoms with E-state index in [2.05, 4.69) is 10.3 Å². The lowest BCUT2D eigenvalue weighted by Gasteiger charge is -2.08. The van der Waals surface area contributed by atoms with Crippen LogP contribution in [0.1, 0.15) is 17.3 Å². The Hall–Kier alpha value is -2.60. The second kappa shape index (κ2) is 8.14. The van der Waals surface area contributed by atoms with Crippen LogP contribution in [0.4, 0.5) is 5.69 Å². The van der Waals surface area contributed by atoms with E-state index in [1.807, 2.05) is 6.92 Å². The predicted octanol–water partition coefficient (Wildman–Crippen LogP) is 2.93. The van der Waals surface area contributed by atoms with Crippen molar-refractivity contribution in [1.82, 2.24) is 4.98 Å². The zero-order valence-corrected chi connectivity index (χ0v) is 13.2. The molecular weight excluding hydrogens is 320 g/mol. The van der Waals surface area contributed by atoms with Crippen molar-refractivity contribution in [3.05, 3.63) is 53.3 Å². The lowest BCUT2D eigenvalue weighted by atomic mass is 10.2. The summed E-state index contributed by atoms with van der Waals surface area (Å²) in [6.07, 6.45) is 1.50. The Balaban J connectivity index is 1.86. The summed E-state index contributed by atoms with van der Waals surface area (Å²) < 4.78 is 10.2. The van der Waals surface area contributed by atoms with Crippen LogP contribution in [0.25, 0.3) is 0 Å². The summed E-state index contributed by atoms with van der Waals surface area (Å²) in [6.45, 7) is 1.99. The Labute approximate surface area is 138 Å². The molecule has 6 nitrogen and oxygen atoms in total. The molecule has 1 aromatic heterocycles. The summed E-state index contributed by atoms with van der Waals surface area (Å²) in [5.74, 6) is -0.437. The second-order valence-electron chi connectivity index (χ2n) is 4.42. The van der Waals surface area contributed by atoms with Gasteiger partial charge >= 0.3 is 5.97 Å². The highest BCUT2D eigenvalue weighted by Gasteiger charge is 2.11. The number of nitrogens with zero attached hydrogens (tertiary/aromatic N) is 1. The molecule has 0 radical (unpaired) electrons. The van der Waals surface area contributed by atoms with Crippen LogP contribution in [-0.2, 0) is 9.53 Å². The SMILES string of the molecule is CCOc1ccc(C(=O)OCC(=O)Nc2cccnc2Cl)cc1. The molecule has 120 valence electrons. The summed E-state index contributed by atoms with van der Waals surface area (Å²) in [4.78, 5) is 27.4. The van der Waals surface area contributed by atoms with E-state index < -0.39 is 18.5 Å². The normalized spacial score (nSPS) is 10.0. The molecule has 1 aromatic carbocycles. The van der Waals surface area contributed by atoms with E-state index in [1.165, 1.54) is 6.20 Å². The van der Waals surface area contributed by atoms with E-state index in [9.17, 15) is 9.59 Å². The largest absolute Gasteiger partial charge is 0.494 e. The summed E-state index contributed by atoms with van der Waals surface area (Å²) in [7, 11) is 0. The van der Waals surface area contributed by atoms with E-state index >= 15 is 0 Å². The number of rotatable bonds is 6. The fourth-order valence-corrected chi connectivity index (χ4v) is 1.90. The molecule has 0 aliphatic rings. The summed E-state index contributed by atoms with van der Waals surface area (Å²) in [6, 6.07) is 9.70. The van der Waals surface area contributed by atoms with Gasteiger partial charge in [0.15, 0.2) is 11.8 Å². The monoisotopic (exact) mass is 334 g/mol. The van der Waals surface area contributed by atoms with Gasteiger partial charge in [-0.1, -0.05) is 11.6 Å². The van der Waals surface area contributed by atoms with Crippen LogP contribution < -0.4 is 10.1 Å². The predicted molar refractivity (Wildman–Crippen MR) is 85.8 cm³/mol. The van der Waals surface area contributed by atoms with Gasteiger partial charge in [-0.3, -0.25) is 4.79 Å². The minimum Gasteiger partial charge on any atom is -0.494 e. The van der Waals surface area contributed by atoms with E-state index in [1.54, 1.807) is 36.4 Å². The topological polar surface area (TPSA) is 77.5 Å². The Morgan fingerprint density at radius 3 is 2.61 bits per heavy atom. The first-order valence-electron chi connectivity index (χ1n) is 6.90. The number of carbonyl (C=O) groups excluding carboxylic acids is 2. The minimum atomic E-state index is -0.597. The first kappa shape index (κ1) is 16.8. The van der Waals surface area contributed by atoms with Gasteiger partial charge in [-0.25, -0.2) is 9.78 Å². The highest BCUT2D eigenvalue weighted by atomic mass is 35.5. The molecule has 0 saturated carbocycles. The van der Waals surface area contributed by atoms with Crippen molar-refractivity contribution in [2.75, 3.05) is 18.5 Å². The maximum absolute atomic E-state index is 11.9. The zero-order valence-electron chi connectivity index (χ0n) is 12.4. The Bertz CT molecular complexity index is 689. The molecule has 0 aliphatic carbocycles. The third-order valence-electron chi connectivity index (χ3n) is 2.77. The Morgan fingerprint density at radius 1 is 1.22 bits per heavy atom. The third kappa shape index (κ3) is 4.96. The molecule has 7 heteroatoms. The van der Waals surface area contributed by atoms with Crippen molar-refractivity contribution in [3.63, 3.8) is 0 Å². The molecule has 1 amide bonds. The highest BCUT2D eigenvalue weighted by Crippen LogP contribution is 2.17. The Morgan fingerprint density at radius 2 is 1.96 bits per heavy atom. The van der Waals surface area contributed by atoms with Crippen molar-refractivity contribution < 1.29 is 19.1 Å². The van der Waals surface area contributed by atoms with Crippen LogP contribution in [0.15, 0.2) is 42.6 Å². The second-order valence-corrected chi connectivity index (χ2v) is 4.78. The molecule has 2 rings (SSSR count). The van der Waals surface area contributed by atoms with Gasteiger partial charge in [0.2, 0.25) is 0 Å². The molecule has 1 heterocycles. The number of anilines is 1. The standard InChI is InChI=1S/C16H15ClN2O4/c1-2-22-12-7-5-11(6-8-12)16(21)23-10-14(20)19-13-4-3-9-18-15(13)17/h3-9H,2,10H2,1H3,(H,19,20). The number of benzene rings is 1. The highest BCUT2D eigenvalue weighted by molar-refractivity contribution is 6.32. The van der Waals surface area contributed by atoms with E-state index in [0.717, 1.165) is 0 Å². The molecule has 0 saturated heterocycles. The number of amides is 1. The molecule has 23 heavy (non-hydrogen) atoms. The first-order valence-corrected chi connectivity index (χ1v) is 7.28. The fourth-order valence-electron chi connectivity index (χ4n) is 1.73. The molecule has 0 atom stereocenters. The van der Waals surface area contributed by atoms with Crippen LogP contribution >= 0.6 is 11.6 Å². The molecular formula is C16H15ClN2O4. The van der Waals surface area contributed by atoms with Gasteiger partial charge in [-0.2, -0.15) is 0 Å². The first-order chi connectivity index (χ1) is 11.1. The van der Waals surface area contributed by atoms with Gasteiger partial charge in [-0.15, -0.1) is 0 Å². The number of halogens is 1. The molecule has 1 N–H and O–H groups in total. The van der Waals surface area contributed by atoms with Crippen LogP contribution in [0.2, 0.25) is 5.15 Å². The molecule has 0 unspecified atom stereocenters. The maximum Gasteiger partial charge on any atom is 0.338 e. The maximum atomic E-state index is 11.9. The number of hydrogen-bond donors (Lipinski definition) is 1. The quantitative estimate of drug-likeness (QED) is 0.649. The lowest BCUT2D eigenvalue weighted by Crippen LogP contribution is -2.21. The lowest BCUT2D eigenvalue weighted by molar-refractivity contribution is -0.119. The third-order valence-corrected chi connectivity index (χ3v) is 3.07. The van der Waals surface area contributed by atoms with E-state index in [-0.39, 0.29) is 5.15 Å². The van der Waals surface area contributed by atoms with Crippen LogP contribution in [0.5, 0.6) is 5.75 Å². The molecule has 0 aliphatic heterocycles. The fraction of sp³-hybridized carbons (Fsp3) is 0.188. The summed E-state index contributed by atoms with van der Waals surface area (Å²) in [5, 5.41) is 2.68. The summed E-state index contributed by atoms with van der Waals surface area (Å²) in [5.41, 5.74) is 0.692. The van der Waals surface area contributed by atoms with Crippen molar-refractivity contribution in [2.45, 2.75) is 6.92 Å². The van der Waals surface area contributed by atoms with Gasteiger partial charge in [0, 0.05) is 6.20 Å². The molecule has 2 aromatic rings. The number of aromatic nitrogens is 1. The number of nitrogens with one attached hydrogen (secondary N) is 1. The average Bonchev–Trinajstić information content (AvgIpc) is 2.56. The minimum absolute atomic E-state index is 0.165. The zero-order chi connectivity index (χ0) is 16.7. The number of carbonyl (C=O) groups is 2. The summed E-state index contributed by atoms with van der Waals surface area (Å²) >= 11 is 5.82. The number of esters is 1. The average molecular weight is 335 g/mol. The van der Waals surface area contributed by atoms with E-state index in [4.69, 9.17) is 21.1 Å². The smallest absolute Gasteiger partial charge is 0.338 e. The molecule has 0 fully saturated rings. The van der Waals surface area contributed by atoms with Crippen molar-refractivity contribution in [2.24, 2.45) is 0 Å². The van der Waals surface area contributed by atoms with E-state index in [0.29, 0.717) is 23.6 Å². The van der Waals surface area contributed by atoms with Gasteiger partial charge in [0.1, 0.15) is 5.75 Å². The van der Waals surface area contributed by atoms with Crippen molar-refractivity contribution in [1.29, 1.82) is 0 Å². The Kier molecular flexibility index (Phi) is 5.94. The number of pyridine rings is 1. The van der Waals surface area contributed by atoms with Crippen molar-refractivity contribution >= 4 is 29.2 Å². The molecule has 0 bridgehead atoms. The van der Waals surface area contributed by atoms with Gasteiger partial charge in [0.25, 0.3) is 5.91 Å². The van der Waals surface area contributed by atoms with Crippen LogP contribution in [0.3, 0.4) is 0 Å². The van der Waals surface area contributed by atoms with Gasteiger partial charge < -0.3 is 14.8 Å². The molecule has 0 spiro atoms. The number of ether oxygens (including phenoxy) is 2. The number of hydrogen-bond acceptors (Lipinski definition) is 5. The van der Waals surface area contributed by atoms with Crippen LogP contribution in [0, 0.1) is 0 Å².